The lowest BCUT2D eigenvalue weighted by Crippen LogP contribution is -2.46. The number of hydrogen-bond donors (Lipinski definition) is 3. The van der Waals surface area contributed by atoms with Crippen LogP contribution >= 0.6 is 0 Å². The van der Waals surface area contributed by atoms with Crippen LogP contribution in [0.5, 0.6) is 0 Å². The van der Waals surface area contributed by atoms with Crippen molar-refractivity contribution in [2.24, 2.45) is 5.73 Å². The van der Waals surface area contributed by atoms with E-state index >= 15 is 0 Å². The molecule has 0 bridgehead atoms. The summed E-state index contributed by atoms with van der Waals surface area (Å²) in [6, 6.07) is -0.959. The third-order valence-corrected chi connectivity index (χ3v) is 4.37. The van der Waals surface area contributed by atoms with Crippen LogP contribution in [0.15, 0.2) is 0 Å². The molecule has 0 aromatic rings. The highest BCUT2D eigenvalue weighted by molar-refractivity contribution is 5.86. The summed E-state index contributed by atoms with van der Waals surface area (Å²) in [4.78, 5) is 22.5. The first-order valence-corrected chi connectivity index (χ1v) is 9.81. The smallest absolute Gasteiger partial charge is 0.242 e. The van der Waals surface area contributed by atoms with E-state index in [1.165, 1.54) is 64.2 Å². The molecule has 0 saturated carbocycles. The Kier molecular flexibility index (Phi) is 16.0. The van der Waals surface area contributed by atoms with Crippen molar-refractivity contribution >= 4 is 11.8 Å². The number of carbonyl (C=O) groups excluding carboxylic acids is 2. The zero-order valence-electron chi connectivity index (χ0n) is 15.5. The average molecular weight is 343 g/mol. The van der Waals surface area contributed by atoms with Crippen LogP contribution < -0.4 is 11.1 Å². The van der Waals surface area contributed by atoms with E-state index in [-0.39, 0.29) is 5.91 Å². The predicted molar refractivity (Wildman–Crippen MR) is 98.5 cm³/mol. The van der Waals surface area contributed by atoms with Crippen molar-refractivity contribution in [3.63, 3.8) is 0 Å². The average Bonchev–Trinajstić information content (AvgIpc) is 2.56. The molecule has 0 aliphatic carbocycles. The van der Waals surface area contributed by atoms with Crippen molar-refractivity contribution in [1.82, 2.24) is 5.32 Å². The predicted octanol–water partition coefficient (Wildman–Crippen LogP) is 3.43. The Hall–Kier alpha value is -1.10. The summed E-state index contributed by atoms with van der Waals surface area (Å²) in [5.41, 5.74) is 5.06. The number of amides is 2. The first kappa shape index (κ1) is 22.9. The molecular weight excluding hydrogens is 304 g/mol. The van der Waals surface area contributed by atoms with Crippen molar-refractivity contribution in [2.45, 2.75) is 103 Å². The maximum absolute atomic E-state index is 11.6. The normalized spacial score (nSPS) is 12.1. The maximum atomic E-state index is 11.6. The fourth-order valence-electron chi connectivity index (χ4n) is 2.78. The van der Waals surface area contributed by atoms with E-state index in [0.717, 1.165) is 19.3 Å². The van der Waals surface area contributed by atoms with Crippen LogP contribution in [0.25, 0.3) is 0 Å². The van der Waals surface area contributed by atoms with E-state index in [0.29, 0.717) is 6.42 Å². The molecule has 0 radical (unpaired) electrons. The highest BCUT2D eigenvalue weighted by Gasteiger charge is 2.15. The molecule has 5 nitrogen and oxygen atoms in total. The van der Waals surface area contributed by atoms with Gasteiger partial charge in [-0.1, -0.05) is 84.0 Å². The molecular formula is C19H38N2O3. The van der Waals surface area contributed by atoms with Gasteiger partial charge in [-0.3, -0.25) is 9.59 Å². The number of aliphatic hydroxyl groups excluding tert-OH is 1. The molecule has 0 unspecified atom stereocenters. The lowest BCUT2D eigenvalue weighted by Gasteiger charge is -2.12. The molecule has 2 amide bonds. The van der Waals surface area contributed by atoms with Crippen LogP contribution in [0.2, 0.25) is 0 Å². The van der Waals surface area contributed by atoms with Gasteiger partial charge in [0.1, 0.15) is 6.04 Å². The van der Waals surface area contributed by atoms with Gasteiger partial charge in [-0.15, -0.1) is 0 Å². The van der Waals surface area contributed by atoms with Crippen molar-refractivity contribution in [1.29, 1.82) is 0 Å². The third-order valence-electron chi connectivity index (χ3n) is 4.37. The second-order valence-corrected chi connectivity index (χ2v) is 6.70. The minimum absolute atomic E-state index is 0.212. The van der Waals surface area contributed by atoms with Gasteiger partial charge in [-0.2, -0.15) is 0 Å². The standard InChI is InChI=1S/C19H38N2O3/c1-2-3-4-5-6-7-8-9-10-11-12-13-14-15-18(23)21-17(16-22)19(20)24/h17,22H,2-16H2,1H3,(H2,20,24)(H,21,23)/t17-/m0/s1. The zero-order chi connectivity index (χ0) is 18.0. The van der Waals surface area contributed by atoms with Crippen molar-refractivity contribution in [2.75, 3.05) is 6.61 Å². The van der Waals surface area contributed by atoms with E-state index < -0.39 is 18.6 Å². The fraction of sp³-hybridized carbons (Fsp3) is 0.895. The van der Waals surface area contributed by atoms with Crippen LogP contribution in [-0.4, -0.2) is 29.6 Å². The summed E-state index contributed by atoms with van der Waals surface area (Å²) in [5.74, 6) is -0.910. The van der Waals surface area contributed by atoms with Gasteiger partial charge in [0.05, 0.1) is 6.61 Å². The molecule has 4 N–H and O–H groups in total. The molecule has 0 aliphatic rings. The maximum Gasteiger partial charge on any atom is 0.242 e. The summed E-state index contributed by atoms with van der Waals surface area (Å²) in [6.45, 7) is 1.80. The number of unbranched alkanes of at least 4 members (excludes halogenated alkanes) is 12. The second-order valence-electron chi connectivity index (χ2n) is 6.70. The lowest BCUT2D eigenvalue weighted by atomic mass is 10.0. The molecule has 5 heteroatoms. The molecule has 142 valence electrons. The minimum Gasteiger partial charge on any atom is -0.394 e. The number of primary amides is 1. The van der Waals surface area contributed by atoms with Crippen LogP contribution in [0, 0.1) is 0 Å². The SMILES string of the molecule is CCCCCCCCCCCCCCCC(=O)N[C@@H](CO)C(N)=O. The highest BCUT2D eigenvalue weighted by Crippen LogP contribution is 2.12. The van der Waals surface area contributed by atoms with Crippen molar-refractivity contribution < 1.29 is 14.7 Å². The molecule has 0 aromatic heterocycles. The summed E-state index contributed by atoms with van der Waals surface area (Å²) >= 11 is 0. The largest absolute Gasteiger partial charge is 0.394 e. The number of nitrogens with one attached hydrogen (secondary N) is 1. The number of rotatable bonds is 17. The van der Waals surface area contributed by atoms with Crippen molar-refractivity contribution in [3.8, 4) is 0 Å². The van der Waals surface area contributed by atoms with Gasteiger partial charge < -0.3 is 16.2 Å². The van der Waals surface area contributed by atoms with Crippen LogP contribution in [0.4, 0.5) is 0 Å². The quantitative estimate of drug-likeness (QED) is 0.354. The number of carbonyl (C=O) groups is 2. The number of aliphatic hydroxyl groups is 1. The van der Waals surface area contributed by atoms with Gasteiger partial charge in [-0.25, -0.2) is 0 Å². The molecule has 0 rings (SSSR count). The van der Waals surface area contributed by atoms with Gasteiger partial charge in [0, 0.05) is 6.42 Å². The van der Waals surface area contributed by atoms with E-state index in [4.69, 9.17) is 10.8 Å². The van der Waals surface area contributed by atoms with E-state index in [1.807, 2.05) is 0 Å². The molecule has 24 heavy (non-hydrogen) atoms. The summed E-state index contributed by atoms with van der Waals surface area (Å²) in [5, 5.41) is 11.4. The summed E-state index contributed by atoms with van der Waals surface area (Å²) in [6.07, 6.45) is 16.8. The second kappa shape index (κ2) is 16.7. The highest BCUT2D eigenvalue weighted by atomic mass is 16.3. The number of nitrogens with two attached hydrogens (primary N) is 1. The molecule has 0 heterocycles. The first-order chi connectivity index (χ1) is 11.6. The van der Waals surface area contributed by atoms with Crippen LogP contribution in [-0.2, 0) is 9.59 Å². The van der Waals surface area contributed by atoms with E-state index in [9.17, 15) is 9.59 Å². The summed E-state index contributed by atoms with van der Waals surface area (Å²) < 4.78 is 0. The third kappa shape index (κ3) is 14.5. The summed E-state index contributed by atoms with van der Waals surface area (Å²) in [7, 11) is 0. The van der Waals surface area contributed by atoms with Gasteiger partial charge in [-0.05, 0) is 6.42 Å². The first-order valence-electron chi connectivity index (χ1n) is 9.81. The molecule has 0 fully saturated rings. The van der Waals surface area contributed by atoms with Gasteiger partial charge in [0.25, 0.3) is 0 Å². The van der Waals surface area contributed by atoms with Gasteiger partial charge in [0.15, 0.2) is 0 Å². The Labute approximate surface area is 147 Å². The zero-order valence-corrected chi connectivity index (χ0v) is 15.5. The molecule has 0 saturated heterocycles. The van der Waals surface area contributed by atoms with Gasteiger partial charge >= 0.3 is 0 Å². The number of hydrogen-bond acceptors (Lipinski definition) is 3. The molecule has 0 aromatic carbocycles. The fourth-order valence-corrected chi connectivity index (χ4v) is 2.78. The Morgan fingerprint density at radius 3 is 1.62 bits per heavy atom. The van der Waals surface area contributed by atoms with Gasteiger partial charge in [0.2, 0.25) is 11.8 Å². The van der Waals surface area contributed by atoms with E-state index in [1.54, 1.807) is 0 Å². The monoisotopic (exact) mass is 342 g/mol. The molecule has 0 spiro atoms. The molecule has 1 atom stereocenters. The van der Waals surface area contributed by atoms with Crippen molar-refractivity contribution in [3.05, 3.63) is 0 Å². The Bertz CT molecular complexity index is 322. The molecule has 0 aliphatic heterocycles. The Balaban J connectivity index is 3.30. The Morgan fingerprint density at radius 2 is 1.25 bits per heavy atom. The van der Waals surface area contributed by atoms with Crippen LogP contribution in [0.3, 0.4) is 0 Å². The topological polar surface area (TPSA) is 92.4 Å². The van der Waals surface area contributed by atoms with Crippen LogP contribution in [0.1, 0.15) is 96.8 Å². The lowest BCUT2D eigenvalue weighted by molar-refractivity contribution is -0.128. The minimum atomic E-state index is -0.959. The Morgan fingerprint density at radius 1 is 0.833 bits per heavy atom. The van der Waals surface area contributed by atoms with E-state index in [2.05, 4.69) is 12.2 Å².